The summed E-state index contributed by atoms with van der Waals surface area (Å²) in [5.74, 6) is -0.281. The summed E-state index contributed by atoms with van der Waals surface area (Å²) >= 11 is 0. The molecule has 0 saturated carbocycles. The molecule has 1 rings (SSSR count). The van der Waals surface area contributed by atoms with Gasteiger partial charge in [-0.25, -0.2) is 0 Å². The quantitative estimate of drug-likeness (QED) is 0.575. The summed E-state index contributed by atoms with van der Waals surface area (Å²) in [4.78, 5) is 11.6. The first kappa shape index (κ1) is 13.6. The molecular weight excluding hydrogens is 222 g/mol. The molecule has 0 saturated heterocycles. The van der Waals surface area contributed by atoms with Crippen molar-refractivity contribution in [1.82, 2.24) is 20.3 Å². The number of aliphatic hydroxyl groups is 1. The van der Waals surface area contributed by atoms with E-state index in [0.717, 1.165) is 0 Å². The Hall–Kier alpha value is -1.47. The standard InChI is InChI=1S/C10H19N5O2/c1-2-8(16)3-5-12-10(17)9-7-15(6-4-11)14-13-9/h7-8,16H,2-6,11H2,1H3,(H,12,17). The fourth-order valence-electron chi connectivity index (χ4n) is 1.29. The topological polar surface area (TPSA) is 106 Å². The second-order valence-electron chi connectivity index (χ2n) is 3.76. The highest BCUT2D eigenvalue weighted by molar-refractivity contribution is 5.91. The van der Waals surface area contributed by atoms with Crippen molar-refractivity contribution >= 4 is 5.91 Å². The van der Waals surface area contributed by atoms with Crippen molar-refractivity contribution in [1.29, 1.82) is 0 Å². The van der Waals surface area contributed by atoms with Crippen LogP contribution in [0.25, 0.3) is 0 Å². The second-order valence-corrected chi connectivity index (χ2v) is 3.76. The molecule has 0 spiro atoms. The molecule has 96 valence electrons. The molecule has 7 heteroatoms. The number of amides is 1. The number of aliphatic hydroxyl groups excluding tert-OH is 1. The summed E-state index contributed by atoms with van der Waals surface area (Å²) in [6.07, 6.45) is 2.41. The number of nitrogens with zero attached hydrogens (tertiary/aromatic N) is 3. The molecule has 7 nitrogen and oxygen atoms in total. The highest BCUT2D eigenvalue weighted by Gasteiger charge is 2.10. The predicted octanol–water partition coefficient (Wildman–Crippen LogP) is -0.872. The number of nitrogens with one attached hydrogen (secondary N) is 1. The van der Waals surface area contributed by atoms with Crippen LogP contribution in [0.2, 0.25) is 0 Å². The summed E-state index contributed by atoms with van der Waals surface area (Å²) in [5.41, 5.74) is 5.63. The van der Waals surface area contributed by atoms with Crippen LogP contribution in [0.3, 0.4) is 0 Å². The van der Waals surface area contributed by atoms with E-state index in [1.807, 2.05) is 6.92 Å². The summed E-state index contributed by atoms with van der Waals surface area (Å²) in [5, 5.41) is 19.5. The molecule has 0 fully saturated rings. The molecule has 1 heterocycles. The summed E-state index contributed by atoms with van der Waals surface area (Å²) < 4.78 is 1.52. The van der Waals surface area contributed by atoms with Crippen molar-refractivity contribution in [2.45, 2.75) is 32.4 Å². The molecule has 1 atom stereocenters. The van der Waals surface area contributed by atoms with Crippen molar-refractivity contribution < 1.29 is 9.90 Å². The minimum atomic E-state index is -0.372. The first-order valence-electron chi connectivity index (χ1n) is 5.73. The molecule has 0 bridgehead atoms. The molecule has 0 aliphatic carbocycles. The minimum absolute atomic E-state index is 0.268. The van der Waals surface area contributed by atoms with Crippen LogP contribution in [0.4, 0.5) is 0 Å². The highest BCUT2D eigenvalue weighted by Crippen LogP contribution is 1.96. The van der Waals surface area contributed by atoms with Gasteiger partial charge in [0.1, 0.15) is 0 Å². The van der Waals surface area contributed by atoms with Crippen molar-refractivity contribution in [3.8, 4) is 0 Å². The molecule has 0 radical (unpaired) electrons. The molecule has 1 aromatic rings. The molecule has 0 aliphatic heterocycles. The Balaban J connectivity index is 2.36. The van der Waals surface area contributed by atoms with E-state index in [1.54, 1.807) is 6.20 Å². The van der Waals surface area contributed by atoms with E-state index in [-0.39, 0.29) is 17.7 Å². The van der Waals surface area contributed by atoms with E-state index >= 15 is 0 Å². The predicted molar refractivity (Wildman–Crippen MR) is 62.3 cm³/mol. The van der Waals surface area contributed by atoms with Crippen LogP contribution in [0.5, 0.6) is 0 Å². The molecule has 1 unspecified atom stereocenters. The lowest BCUT2D eigenvalue weighted by molar-refractivity contribution is 0.0937. The monoisotopic (exact) mass is 241 g/mol. The van der Waals surface area contributed by atoms with Crippen LogP contribution in [0, 0.1) is 0 Å². The van der Waals surface area contributed by atoms with Gasteiger partial charge in [0.05, 0.1) is 18.8 Å². The van der Waals surface area contributed by atoms with E-state index in [9.17, 15) is 9.90 Å². The molecule has 17 heavy (non-hydrogen) atoms. The SMILES string of the molecule is CCC(O)CCNC(=O)c1cn(CCN)nn1. The summed E-state index contributed by atoms with van der Waals surface area (Å²) in [6.45, 7) is 3.31. The number of hydrogen-bond acceptors (Lipinski definition) is 5. The van der Waals surface area contributed by atoms with Crippen molar-refractivity contribution in [3.05, 3.63) is 11.9 Å². The van der Waals surface area contributed by atoms with E-state index < -0.39 is 0 Å². The zero-order valence-electron chi connectivity index (χ0n) is 9.96. The van der Waals surface area contributed by atoms with E-state index in [0.29, 0.717) is 32.5 Å². The van der Waals surface area contributed by atoms with Crippen molar-refractivity contribution in [2.24, 2.45) is 5.73 Å². The Labute approximate surface area is 100.0 Å². The maximum Gasteiger partial charge on any atom is 0.273 e. The second kappa shape index (κ2) is 6.97. The third-order valence-corrected chi connectivity index (χ3v) is 2.36. The van der Waals surface area contributed by atoms with Gasteiger partial charge in [-0.05, 0) is 12.8 Å². The number of carbonyl (C=O) groups is 1. The van der Waals surface area contributed by atoms with Gasteiger partial charge in [-0.2, -0.15) is 0 Å². The molecular formula is C10H19N5O2. The third kappa shape index (κ3) is 4.49. The average molecular weight is 241 g/mol. The van der Waals surface area contributed by atoms with Crippen molar-refractivity contribution in [2.75, 3.05) is 13.1 Å². The van der Waals surface area contributed by atoms with Gasteiger partial charge in [0.15, 0.2) is 5.69 Å². The van der Waals surface area contributed by atoms with Gasteiger partial charge in [-0.15, -0.1) is 5.10 Å². The van der Waals surface area contributed by atoms with Crippen LogP contribution in [0.1, 0.15) is 30.3 Å². The Kier molecular flexibility index (Phi) is 5.58. The molecule has 4 N–H and O–H groups in total. The summed E-state index contributed by atoms with van der Waals surface area (Å²) in [7, 11) is 0. The number of aromatic nitrogens is 3. The number of nitrogens with two attached hydrogens (primary N) is 1. The first-order valence-corrected chi connectivity index (χ1v) is 5.73. The van der Waals surface area contributed by atoms with E-state index in [1.165, 1.54) is 4.68 Å². The number of rotatable bonds is 7. The fourth-order valence-corrected chi connectivity index (χ4v) is 1.29. The van der Waals surface area contributed by atoms with Crippen LogP contribution in [0.15, 0.2) is 6.20 Å². The summed E-state index contributed by atoms with van der Waals surface area (Å²) in [6, 6.07) is 0. The number of hydrogen-bond donors (Lipinski definition) is 3. The fraction of sp³-hybridized carbons (Fsp3) is 0.700. The van der Waals surface area contributed by atoms with Gasteiger partial charge in [-0.1, -0.05) is 12.1 Å². The van der Waals surface area contributed by atoms with Gasteiger partial charge >= 0.3 is 0 Å². The maximum absolute atomic E-state index is 11.6. The van der Waals surface area contributed by atoms with Gasteiger partial charge < -0.3 is 16.2 Å². The molecule has 1 amide bonds. The lowest BCUT2D eigenvalue weighted by Crippen LogP contribution is -2.27. The minimum Gasteiger partial charge on any atom is -0.393 e. The van der Waals surface area contributed by atoms with Crippen LogP contribution in [-0.2, 0) is 6.54 Å². The zero-order valence-corrected chi connectivity index (χ0v) is 9.96. The normalized spacial score (nSPS) is 12.4. The van der Waals surface area contributed by atoms with E-state index in [2.05, 4.69) is 15.6 Å². The Morgan fingerprint density at radius 1 is 1.71 bits per heavy atom. The first-order chi connectivity index (χ1) is 8.17. The number of carbonyl (C=O) groups excluding carboxylic acids is 1. The van der Waals surface area contributed by atoms with Gasteiger partial charge in [-0.3, -0.25) is 9.48 Å². The largest absolute Gasteiger partial charge is 0.393 e. The molecule has 0 aliphatic rings. The lowest BCUT2D eigenvalue weighted by atomic mass is 10.2. The van der Waals surface area contributed by atoms with Crippen molar-refractivity contribution in [3.63, 3.8) is 0 Å². The van der Waals surface area contributed by atoms with Gasteiger partial charge in [0.2, 0.25) is 0 Å². The Morgan fingerprint density at radius 2 is 2.47 bits per heavy atom. The Morgan fingerprint density at radius 3 is 3.12 bits per heavy atom. The Bertz CT molecular complexity index is 352. The molecule has 0 aromatic carbocycles. The van der Waals surface area contributed by atoms with Gasteiger partial charge in [0.25, 0.3) is 5.91 Å². The van der Waals surface area contributed by atoms with E-state index in [4.69, 9.17) is 5.73 Å². The maximum atomic E-state index is 11.6. The van der Waals surface area contributed by atoms with Crippen LogP contribution in [-0.4, -0.2) is 45.2 Å². The average Bonchev–Trinajstić information content (AvgIpc) is 2.78. The smallest absolute Gasteiger partial charge is 0.273 e. The highest BCUT2D eigenvalue weighted by atomic mass is 16.3. The zero-order chi connectivity index (χ0) is 12.7. The van der Waals surface area contributed by atoms with Gasteiger partial charge in [0, 0.05) is 13.1 Å². The van der Waals surface area contributed by atoms with Crippen LogP contribution < -0.4 is 11.1 Å². The third-order valence-electron chi connectivity index (χ3n) is 2.36. The molecule has 1 aromatic heterocycles. The van der Waals surface area contributed by atoms with Crippen LogP contribution >= 0.6 is 0 Å². The lowest BCUT2D eigenvalue weighted by Gasteiger charge is -2.07.